The second-order valence-corrected chi connectivity index (χ2v) is 6.94. The van der Waals surface area contributed by atoms with Gasteiger partial charge in [-0.1, -0.05) is 0 Å². The van der Waals surface area contributed by atoms with Gasteiger partial charge in [-0.05, 0) is 72.1 Å². The van der Waals surface area contributed by atoms with Gasteiger partial charge in [-0.25, -0.2) is 9.97 Å². The standard InChI is InChI=1S/C21H32N6O/c1-6-27(7-2)18-11-9-17(10-12-18)25-20-15-19(23-16(3)24-20)21(28)22-13-8-14-26(4)5/h9-12,15H,6-8,13-14H2,1-5H3,(H,22,28)(H,23,24,25). The number of hydrogen-bond donors (Lipinski definition) is 2. The highest BCUT2D eigenvalue weighted by Gasteiger charge is 2.11. The SMILES string of the molecule is CCN(CC)c1ccc(Nc2cc(C(=O)NCCCN(C)C)nc(C)n2)cc1. The highest BCUT2D eigenvalue weighted by Crippen LogP contribution is 2.20. The predicted molar refractivity (Wildman–Crippen MR) is 116 cm³/mol. The predicted octanol–water partition coefficient (Wildman–Crippen LogP) is 3.06. The highest BCUT2D eigenvalue weighted by atomic mass is 16.1. The lowest BCUT2D eigenvalue weighted by Gasteiger charge is -2.21. The molecule has 1 aromatic heterocycles. The van der Waals surface area contributed by atoms with Crippen LogP contribution in [0.15, 0.2) is 30.3 Å². The van der Waals surface area contributed by atoms with Gasteiger partial charge >= 0.3 is 0 Å². The summed E-state index contributed by atoms with van der Waals surface area (Å²) in [6.07, 6.45) is 0.896. The van der Waals surface area contributed by atoms with Crippen molar-refractivity contribution in [3.8, 4) is 0 Å². The van der Waals surface area contributed by atoms with Crippen molar-refractivity contribution in [2.75, 3.05) is 50.5 Å². The van der Waals surface area contributed by atoms with Gasteiger partial charge in [0.1, 0.15) is 17.3 Å². The lowest BCUT2D eigenvalue weighted by Crippen LogP contribution is -2.28. The Balaban J connectivity index is 2.03. The Morgan fingerprint density at radius 2 is 1.75 bits per heavy atom. The van der Waals surface area contributed by atoms with Crippen LogP contribution in [0.1, 0.15) is 36.6 Å². The molecule has 1 aromatic carbocycles. The fraction of sp³-hybridized carbons (Fsp3) is 0.476. The lowest BCUT2D eigenvalue weighted by molar-refractivity contribution is 0.0947. The Bertz CT molecular complexity index is 756. The summed E-state index contributed by atoms with van der Waals surface area (Å²) in [6.45, 7) is 9.58. The third-order valence-corrected chi connectivity index (χ3v) is 4.41. The fourth-order valence-electron chi connectivity index (χ4n) is 2.93. The number of rotatable bonds is 10. The number of nitrogens with one attached hydrogen (secondary N) is 2. The Morgan fingerprint density at radius 3 is 2.36 bits per heavy atom. The number of aryl methyl sites for hydroxylation is 1. The first kappa shape index (κ1) is 21.6. The van der Waals surface area contributed by atoms with E-state index in [1.807, 2.05) is 26.2 Å². The summed E-state index contributed by atoms with van der Waals surface area (Å²) >= 11 is 0. The van der Waals surface area contributed by atoms with Crippen LogP contribution in [0.2, 0.25) is 0 Å². The van der Waals surface area contributed by atoms with E-state index in [9.17, 15) is 4.79 Å². The first-order valence-electron chi connectivity index (χ1n) is 9.83. The van der Waals surface area contributed by atoms with E-state index in [4.69, 9.17) is 0 Å². The number of anilines is 3. The van der Waals surface area contributed by atoms with Gasteiger partial charge in [0.2, 0.25) is 0 Å². The molecule has 0 saturated carbocycles. The zero-order chi connectivity index (χ0) is 20.5. The van der Waals surface area contributed by atoms with E-state index in [1.54, 1.807) is 13.0 Å². The Morgan fingerprint density at radius 1 is 1.07 bits per heavy atom. The number of hydrogen-bond acceptors (Lipinski definition) is 6. The molecule has 1 amide bonds. The summed E-state index contributed by atoms with van der Waals surface area (Å²) in [5, 5.41) is 6.18. The maximum atomic E-state index is 12.4. The van der Waals surface area contributed by atoms with Crippen LogP contribution in [-0.2, 0) is 0 Å². The van der Waals surface area contributed by atoms with Crippen molar-refractivity contribution in [3.63, 3.8) is 0 Å². The molecule has 0 unspecified atom stereocenters. The summed E-state index contributed by atoms with van der Waals surface area (Å²) < 4.78 is 0. The molecule has 0 radical (unpaired) electrons. The smallest absolute Gasteiger partial charge is 0.270 e. The van der Waals surface area contributed by atoms with Gasteiger partial charge in [0.25, 0.3) is 5.91 Å². The van der Waals surface area contributed by atoms with Gasteiger partial charge in [-0.2, -0.15) is 0 Å². The third kappa shape index (κ3) is 6.49. The van der Waals surface area contributed by atoms with Crippen molar-refractivity contribution in [2.24, 2.45) is 0 Å². The third-order valence-electron chi connectivity index (χ3n) is 4.41. The average molecular weight is 385 g/mol. The first-order valence-corrected chi connectivity index (χ1v) is 9.83. The van der Waals surface area contributed by atoms with E-state index >= 15 is 0 Å². The zero-order valence-corrected chi connectivity index (χ0v) is 17.6. The number of amides is 1. The minimum absolute atomic E-state index is 0.177. The normalized spacial score (nSPS) is 10.8. The first-order chi connectivity index (χ1) is 13.4. The summed E-state index contributed by atoms with van der Waals surface area (Å²) in [7, 11) is 4.03. The number of nitrogens with zero attached hydrogens (tertiary/aromatic N) is 4. The molecule has 0 spiro atoms. The minimum atomic E-state index is -0.177. The number of benzene rings is 1. The summed E-state index contributed by atoms with van der Waals surface area (Å²) in [4.78, 5) is 25.4. The van der Waals surface area contributed by atoms with Crippen LogP contribution in [0.25, 0.3) is 0 Å². The van der Waals surface area contributed by atoms with Crippen molar-refractivity contribution < 1.29 is 4.79 Å². The van der Waals surface area contributed by atoms with Crippen LogP contribution >= 0.6 is 0 Å². The molecule has 152 valence electrons. The maximum absolute atomic E-state index is 12.4. The molecule has 0 atom stereocenters. The van der Waals surface area contributed by atoms with Crippen LogP contribution in [0, 0.1) is 6.92 Å². The highest BCUT2D eigenvalue weighted by molar-refractivity contribution is 5.93. The van der Waals surface area contributed by atoms with E-state index in [0.29, 0.717) is 23.9 Å². The van der Waals surface area contributed by atoms with Crippen molar-refractivity contribution in [1.29, 1.82) is 0 Å². The van der Waals surface area contributed by atoms with E-state index in [1.165, 1.54) is 5.69 Å². The molecule has 0 aliphatic carbocycles. The van der Waals surface area contributed by atoms with E-state index < -0.39 is 0 Å². The molecule has 0 aliphatic heterocycles. The van der Waals surface area contributed by atoms with E-state index in [0.717, 1.165) is 31.7 Å². The molecule has 0 bridgehead atoms. The fourth-order valence-corrected chi connectivity index (χ4v) is 2.93. The molecule has 1 heterocycles. The van der Waals surface area contributed by atoms with Crippen molar-refractivity contribution in [3.05, 3.63) is 41.9 Å². The second-order valence-electron chi connectivity index (χ2n) is 6.94. The molecular weight excluding hydrogens is 352 g/mol. The van der Waals surface area contributed by atoms with Gasteiger partial charge in [0, 0.05) is 37.1 Å². The van der Waals surface area contributed by atoms with Crippen molar-refractivity contribution in [1.82, 2.24) is 20.2 Å². The number of carbonyl (C=O) groups excluding carboxylic acids is 1. The van der Waals surface area contributed by atoms with Crippen LogP contribution in [-0.4, -0.2) is 61.0 Å². The molecular formula is C21H32N6O. The number of carbonyl (C=O) groups is 1. The second kappa shape index (κ2) is 10.6. The lowest BCUT2D eigenvalue weighted by atomic mass is 10.2. The van der Waals surface area contributed by atoms with Gasteiger partial charge in [0.15, 0.2) is 0 Å². The largest absolute Gasteiger partial charge is 0.372 e. The van der Waals surface area contributed by atoms with Crippen LogP contribution in [0.5, 0.6) is 0 Å². The summed E-state index contributed by atoms with van der Waals surface area (Å²) in [5.74, 6) is 0.994. The van der Waals surface area contributed by atoms with Crippen molar-refractivity contribution in [2.45, 2.75) is 27.2 Å². The summed E-state index contributed by atoms with van der Waals surface area (Å²) in [5.41, 5.74) is 2.48. The molecule has 7 heteroatoms. The van der Waals surface area contributed by atoms with Gasteiger partial charge < -0.3 is 20.4 Å². The quantitative estimate of drug-likeness (QED) is 0.614. The van der Waals surface area contributed by atoms with Crippen molar-refractivity contribution >= 4 is 23.1 Å². The molecule has 2 aromatic rings. The maximum Gasteiger partial charge on any atom is 0.270 e. The average Bonchev–Trinajstić information content (AvgIpc) is 2.66. The Hall–Kier alpha value is -2.67. The van der Waals surface area contributed by atoms with Gasteiger partial charge in [-0.15, -0.1) is 0 Å². The summed E-state index contributed by atoms with van der Waals surface area (Å²) in [6, 6.07) is 9.90. The van der Waals surface area contributed by atoms with E-state index in [-0.39, 0.29) is 5.91 Å². The minimum Gasteiger partial charge on any atom is -0.372 e. The molecule has 7 nitrogen and oxygen atoms in total. The van der Waals surface area contributed by atoms with E-state index in [2.05, 4.69) is 56.4 Å². The van der Waals surface area contributed by atoms with Crippen LogP contribution < -0.4 is 15.5 Å². The Labute approximate surface area is 168 Å². The topological polar surface area (TPSA) is 73.4 Å². The van der Waals surface area contributed by atoms with Crippen LogP contribution in [0.4, 0.5) is 17.2 Å². The van der Waals surface area contributed by atoms with Crippen LogP contribution in [0.3, 0.4) is 0 Å². The molecule has 2 N–H and O–H groups in total. The zero-order valence-electron chi connectivity index (χ0n) is 17.6. The monoisotopic (exact) mass is 384 g/mol. The molecule has 2 rings (SSSR count). The molecule has 0 saturated heterocycles. The molecule has 28 heavy (non-hydrogen) atoms. The molecule has 0 fully saturated rings. The van der Waals surface area contributed by atoms with Gasteiger partial charge in [0.05, 0.1) is 0 Å². The number of aromatic nitrogens is 2. The Kier molecular flexibility index (Phi) is 8.19. The van der Waals surface area contributed by atoms with Gasteiger partial charge in [-0.3, -0.25) is 4.79 Å². The molecule has 0 aliphatic rings.